The summed E-state index contributed by atoms with van der Waals surface area (Å²) >= 11 is 5.81. The van der Waals surface area contributed by atoms with Crippen molar-refractivity contribution >= 4 is 17.5 Å². The first-order valence-corrected chi connectivity index (χ1v) is 6.46. The van der Waals surface area contributed by atoms with E-state index in [2.05, 4.69) is 0 Å². The Kier molecular flexibility index (Phi) is 3.86. The van der Waals surface area contributed by atoms with Crippen molar-refractivity contribution in [2.45, 2.75) is 32.0 Å². The summed E-state index contributed by atoms with van der Waals surface area (Å²) in [4.78, 5) is 12.2. The number of rotatable bonds is 0. The molecule has 1 heterocycles. The Morgan fingerprint density at radius 2 is 2.05 bits per heavy atom. The van der Waals surface area contributed by atoms with E-state index >= 15 is 0 Å². The number of fused-ring (bicyclic) bond motifs is 1. The van der Waals surface area contributed by atoms with Gasteiger partial charge in [0.15, 0.2) is 0 Å². The third-order valence-corrected chi connectivity index (χ3v) is 3.74. The zero-order valence-electron chi connectivity index (χ0n) is 10.7. The third-order valence-electron chi connectivity index (χ3n) is 3.44. The highest BCUT2D eigenvalue weighted by Gasteiger charge is 2.44. The lowest BCUT2D eigenvalue weighted by Crippen LogP contribution is -2.46. The minimum atomic E-state index is -4.87. The van der Waals surface area contributed by atoms with Crippen molar-refractivity contribution in [3.05, 3.63) is 28.3 Å². The quantitative estimate of drug-likeness (QED) is 0.800. The summed E-state index contributed by atoms with van der Waals surface area (Å²) < 4.78 is 37.6. The first kappa shape index (κ1) is 15.0. The van der Waals surface area contributed by atoms with Crippen LogP contribution in [-0.4, -0.2) is 34.7 Å². The molecule has 0 aromatic heterocycles. The highest BCUT2D eigenvalue weighted by molar-refractivity contribution is 6.32. The standard InChI is InChI=1S/C13H13ClF3NO2/c1-7-4-9-5-10(14)11(19)6-8(9)2-3-18(7)12(20)13(15,16)17/h5-7,19H,2-4H2,1H3. The zero-order chi connectivity index (χ0) is 15.1. The van der Waals surface area contributed by atoms with E-state index in [1.54, 1.807) is 13.0 Å². The molecule has 7 heteroatoms. The molecule has 0 bridgehead atoms. The maximum absolute atomic E-state index is 12.5. The van der Waals surface area contributed by atoms with E-state index in [1.807, 2.05) is 0 Å². The fourth-order valence-electron chi connectivity index (χ4n) is 2.42. The van der Waals surface area contributed by atoms with Gasteiger partial charge < -0.3 is 10.0 Å². The van der Waals surface area contributed by atoms with Crippen LogP contribution < -0.4 is 0 Å². The van der Waals surface area contributed by atoms with Gasteiger partial charge in [0.2, 0.25) is 0 Å². The van der Waals surface area contributed by atoms with Crippen molar-refractivity contribution in [2.75, 3.05) is 6.54 Å². The van der Waals surface area contributed by atoms with Gasteiger partial charge in [-0.1, -0.05) is 11.6 Å². The number of phenolic OH excluding ortho intramolecular Hbond substituents is 1. The van der Waals surface area contributed by atoms with Crippen LogP contribution in [-0.2, 0) is 17.6 Å². The molecule has 2 rings (SSSR count). The average Bonchev–Trinajstić information content (AvgIpc) is 2.47. The number of hydrogen-bond donors (Lipinski definition) is 1. The minimum absolute atomic E-state index is 0.0341. The molecule has 1 aliphatic rings. The van der Waals surface area contributed by atoms with E-state index in [1.165, 1.54) is 6.07 Å². The van der Waals surface area contributed by atoms with Crippen molar-refractivity contribution < 1.29 is 23.1 Å². The molecule has 0 spiro atoms. The molecule has 1 aromatic carbocycles. The van der Waals surface area contributed by atoms with E-state index in [4.69, 9.17) is 11.6 Å². The van der Waals surface area contributed by atoms with Crippen molar-refractivity contribution in [3.8, 4) is 5.75 Å². The number of aromatic hydroxyl groups is 1. The first-order valence-electron chi connectivity index (χ1n) is 6.08. The third kappa shape index (κ3) is 2.85. The number of phenols is 1. The summed E-state index contributed by atoms with van der Waals surface area (Å²) in [5.74, 6) is -1.93. The number of hydrogen-bond acceptors (Lipinski definition) is 2. The maximum Gasteiger partial charge on any atom is 0.471 e. The molecule has 1 amide bonds. The van der Waals surface area contributed by atoms with Crippen LogP contribution >= 0.6 is 11.6 Å². The Balaban J connectivity index is 2.29. The molecular formula is C13H13ClF3NO2. The lowest BCUT2D eigenvalue weighted by atomic mass is 10.0. The van der Waals surface area contributed by atoms with Crippen LogP contribution in [0.15, 0.2) is 12.1 Å². The highest BCUT2D eigenvalue weighted by Crippen LogP contribution is 2.31. The van der Waals surface area contributed by atoms with Gasteiger partial charge >= 0.3 is 12.1 Å². The molecular weight excluding hydrogens is 295 g/mol. The van der Waals surface area contributed by atoms with Crippen molar-refractivity contribution in [3.63, 3.8) is 0 Å². The lowest BCUT2D eigenvalue weighted by molar-refractivity contribution is -0.187. The largest absolute Gasteiger partial charge is 0.506 e. The highest BCUT2D eigenvalue weighted by atomic mass is 35.5. The lowest BCUT2D eigenvalue weighted by Gasteiger charge is -2.27. The van der Waals surface area contributed by atoms with Gasteiger partial charge in [-0.25, -0.2) is 0 Å². The van der Waals surface area contributed by atoms with E-state index in [9.17, 15) is 23.1 Å². The summed E-state index contributed by atoms with van der Waals surface area (Å²) in [5, 5.41) is 9.70. The number of benzene rings is 1. The van der Waals surface area contributed by atoms with Gasteiger partial charge in [-0.2, -0.15) is 13.2 Å². The summed E-state index contributed by atoms with van der Waals surface area (Å²) in [6, 6.07) is 2.42. The topological polar surface area (TPSA) is 40.5 Å². The van der Waals surface area contributed by atoms with Crippen LogP contribution in [0.1, 0.15) is 18.1 Å². The van der Waals surface area contributed by atoms with Crippen LogP contribution in [0.3, 0.4) is 0 Å². The summed E-state index contributed by atoms with van der Waals surface area (Å²) in [6.07, 6.45) is -4.34. The predicted octanol–water partition coefficient (Wildman–Crippen LogP) is 2.92. The summed E-state index contributed by atoms with van der Waals surface area (Å²) in [7, 11) is 0. The molecule has 0 saturated heterocycles. The number of amides is 1. The molecule has 1 unspecified atom stereocenters. The molecule has 0 radical (unpaired) electrons. The molecule has 20 heavy (non-hydrogen) atoms. The molecule has 110 valence electrons. The van der Waals surface area contributed by atoms with Gasteiger partial charge in [-0.15, -0.1) is 0 Å². The second-order valence-electron chi connectivity index (χ2n) is 4.87. The number of halogens is 4. The van der Waals surface area contributed by atoms with Crippen LogP contribution in [0.4, 0.5) is 13.2 Å². The molecule has 1 aromatic rings. The smallest absolute Gasteiger partial charge is 0.471 e. The van der Waals surface area contributed by atoms with Crippen LogP contribution in [0.25, 0.3) is 0 Å². The van der Waals surface area contributed by atoms with Gasteiger partial charge in [0.25, 0.3) is 0 Å². The van der Waals surface area contributed by atoms with Crippen LogP contribution in [0.2, 0.25) is 5.02 Å². The number of carbonyl (C=O) groups excluding carboxylic acids is 1. The molecule has 1 aliphatic heterocycles. The zero-order valence-corrected chi connectivity index (χ0v) is 11.4. The van der Waals surface area contributed by atoms with Crippen LogP contribution in [0.5, 0.6) is 5.75 Å². The molecule has 0 aliphatic carbocycles. The van der Waals surface area contributed by atoms with Gasteiger partial charge in [0.1, 0.15) is 5.75 Å². The fourth-order valence-corrected chi connectivity index (χ4v) is 2.61. The summed E-state index contributed by atoms with van der Waals surface area (Å²) in [6.45, 7) is 1.53. The Hall–Kier alpha value is -1.43. The van der Waals surface area contributed by atoms with Crippen molar-refractivity contribution in [2.24, 2.45) is 0 Å². The van der Waals surface area contributed by atoms with Crippen molar-refractivity contribution in [1.29, 1.82) is 0 Å². The minimum Gasteiger partial charge on any atom is -0.506 e. The molecule has 0 saturated carbocycles. The fraction of sp³-hybridized carbons (Fsp3) is 0.462. The predicted molar refractivity (Wildman–Crippen MR) is 67.8 cm³/mol. The average molecular weight is 308 g/mol. The maximum atomic E-state index is 12.5. The van der Waals surface area contributed by atoms with Crippen LogP contribution in [0, 0.1) is 0 Å². The molecule has 1 atom stereocenters. The number of nitrogens with zero attached hydrogens (tertiary/aromatic N) is 1. The molecule has 0 fully saturated rings. The van der Waals surface area contributed by atoms with Gasteiger partial charge in [0, 0.05) is 12.6 Å². The summed E-state index contributed by atoms with van der Waals surface area (Å²) in [5.41, 5.74) is 1.48. The van der Waals surface area contributed by atoms with Gasteiger partial charge in [-0.05, 0) is 43.0 Å². The van der Waals surface area contributed by atoms with E-state index in [0.29, 0.717) is 0 Å². The first-order chi connectivity index (χ1) is 9.20. The SMILES string of the molecule is CC1Cc2cc(Cl)c(O)cc2CCN1C(=O)C(F)(F)F. The van der Waals surface area contributed by atoms with Crippen molar-refractivity contribution in [1.82, 2.24) is 4.90 Å². The molecule has 1 N–H and O–H groups in total. The van der Waals surface area contributed by atoms with Gasteiger partial charge in [-0.3, -0.25) is 4.79 Å². The molecule has 3 nitrogen and oxygen atoms in total. The Labute approximate surface area is 118 Å². The van der Waals surface area contributed by atoms with E-state index in [-0.39, 0.29) is 30.2 Å². The van der Waals surface area contributed by atoms with E-state index < -0.39 is 18.1 Å². The number of carbonyl (C=O) groups is 1. The second kappa shape index (κ2) is 5.16. The number of alkyl halides is 3. The Morgan fingerprint density at radius 1 is 1.40 bits per heavy atom. The van der Waals surface area contributed by atoms with E-state index in [0.717, 1.165) is 16.0 Å². The Bertz CT molecular complexity index is 545. The van der Waals surface area contributed by atoms with Gasteiger partial charge in [0.05, 0.1) is 5.02 Å². The Morgan fingerprint density at radius 3 is 2.65 bits per heavy atom. The second-order valence-corrected chi connectivity index (χ2v) is 5.28. The normalized spacial score (nSPS) is 19.4. The monoisotopic (exact) mass is 307 g/mol.